The lowest BCUT2D eigenvalue weighted by molar-refractivity contribution is -0.127. The normalized spacial score (nSPS) is 12.0. The number of amides is 1. The Balaban J connectivity index is 1.49. The molecule has 0 fully saturated rings. The SMILES string of the molecule is Cc1ccc(C(C)C)cc1O[C@H](C)C(=O)N/N=C\c1ccc(OCc2ccccc2)cc1. The van der Waals surface area contributed by atoms with Gasteiger partial charge in [0.25, 0.3) is 5.91 Å². The summed E-state index contributed by atoms with van der Waals surface area (Å²) in [5.41, 5.74) is 6.68. The van der Waals surface area contributed by atoms with E-state index in [-0.39, 0.29) is 5.91 Å². The molecule has 0 radical (unpaired) electrons. The minimum atomic E-state index is -0.665. The summed E-state index contributed by atoms with van der Waals surface area (Å²) in [5, 5.41) is 4.05. The van der Waals surface area contributed by atoms with Gasteiger partial charge in [0.1, 0.15) is 18.1 Å². The first-order valence-electron chi connectivity index (χ1n) is 10.8. The van der Waals surface area contributed by atoms with Gasteiger partial charge in [-0.15, -0.1) is 0 Å². The number of benzene rings is 3. The fraction of sp³-hybridized carbons (Fsp3) is 0.259. The van der Waals surface area contributed by atoms with Crippen LogP contribution in [0.2, 0.25) is 0 Å². The summed E-state index contributed by atoms with van der Waals surface area (Å²) < 4.78 is 11.7. The molecule has 0 unspecified atom stereocenters. The Kier molecular flexibility index (Phi) is 8.03. The molecule has 32 heavy (non-hydrogen) atoms. The Labute approximate surface area is 190 Å². The number of nitrogens with zero attached hydrogens (tertiary/aromatic N) is 1. The van der Waals surface area contributed by atoms with Gasteiger partial charge in [-0.25, -0.2) is 5.43 Å². The van der Waals surface area contributed by atoms with Gasteiger partial charge < -0.3 is 9.47 Å². The first kappa shape index (κ1) is 23.1. The number of aryl methyl sites for hydroxylation is 1. The molecule has 3 aromatic rings. The van der Waals surface area contributed by atoms with Gasteiger partial charge in [0.05, 0.1) is 6.21 Å². The van der Waals surface area contributed by atoms with Crippen molar-refractivity contribution < 1.29 is 14.3 Å². The summed E-state index contributed by atoms with van der Waals surface area (Å²) in [6.45, 7) is 8.45. The van der Waals surface area contributed by atoms with Crippen LogP contribution in [-0.2, 0) is 11.4 Å². The maximum Gasteiger partial charge on any atom is 0.280 e. The number of carbonyl (C=O) groups is 1. The van der Waals surface area contributed by atoms with Crippen LogP contribution in [0, 0.1) is 6.92 Å². The molecule has 0 saturated carbocycles. The van der Waals surface area contributed by atoms with Crippen LogP contribution in [0.3, 0.4) is 0 Å². The lowest BCUT2D eigenvalue weighted by Gasteiger charge is -2.16. The van der Waals surface area contributed by atoms with E-state index >= 15 is 0 Å². The van der Waals surface area contributed by atoms with Crippen molar-refractivity contribution in [3.63, 3.8) is 0 Å². The second-order valence-electron chi connectivity index (χ2n) is 8.02. The van der Waals surface area contributed by atoms with Crippen LogP contribution in [-0.4, -0.2) is 18.2 Å². The van der Waals surface area contributed by atoms with E-state index in [1.165, 1.54) is 5.56 Å². The molecule has 0 heterocycles. The minimum absolute atomic E-state index is 0.307. The molecule has 1 N–H and O–H groups in total. The van der Waals surface area contributed by atoms with Gasteiger partial charge in [-0.1, -0.05) is 56.3 Å². The highest BCUT2D eigenvalue weighted by molar-refractivity contribution is 5.84. The largest absolute Gasteiger partial charge is 0.489 e. The summed E-state index contributed by atoms with van der Waals surface area (Å²) in [5.74, 6) is 1.57. The second kappa shape index (κ2) is 11.1. The zero-order valence-electron chi connectivity index (χ0n) is 19.0. The van der Waals surface area contributed by atoms with Gasteiger partial charge in [0, 0.05) is 0 Å². The van der Waals surface area contributed by atoms with Crippen LogP contribution in [0.15, 0.2) is 77.9 Å². The van der Waals surface area contributed by atoms with Gasteiger partial charge >= 0.3 is 0 Å². The Hall–Kier alpha value is -3.60. The number of nitrogens with one attached hydrogen (secondary N) is 1. The molecule has 5 heteroatoms. The summed E-state index contributed by atoms with van der Waals surface area (Å²) in [6.07, 6.45) is 0.929. The Bertz CT molecular complexity index is 1040. The second-order valence-corrected chi connectivity index (χ2v) is 8.02. The van der Waals surface area contributed by atoms with Crippen LogP contribution >= 0.6 is 0 Å². The molecule has 0 aliphatic carbocycles. The van der Waals surface area contributed by atoms with Crippen molar-refractivity contribution in [1.29, 1.82) is 0 Å². The third kappa shape index (κ3) is 6.71. The first-order valence-corrected chi connectivity index (χ1v) is 10.8. The highest BCUT2D eigenvalue weighted by Crippen LogP contribution is 2.25. The van der Waals surface area contributed by atoms with Crippen molar-refractivity contribution in [3.05, 3.63) is 95.1 Å². The van der Waals surface area contributed by atoms with E-state index in [9.17, 15) is 4.79 Å². The summed E-state index contributed by atoms with van der Waals surface area (Å²) in [7, 11) is 0. The maximum absolute atomic E-state index is 12.4. The molecular weight excluding hydrogens is 400 g/mol. The van der Waals surface area contributed by atoms with E-state index in [0.29, 0.717) is 18.3 Å². The van der Waals surface area contributed by atoms with Gasteiger partial charge in [0.2, 0.25) is 0 Å². The molecule has 3 aromatic carbocycles. The number of ether oxygens (including phenoxy) is 2. The zero-order chi connectivity index (χ0) is 22.9. The Morgan fingerprint density at radius 2 is 1.72 bits per heavy atom. The number of hydrazone groups is 1. The molecule has 0 saturated heterocycles. The van der Waals surface area contributed by atoms with E-state index in [0.717, 1.165) is 22.4 Å². The smallest absolute Gasteiger partial charge is 0.280 e. The number of rotatable bonds is 9. The molecule has 5 nitrogen and oxygen atoms in total. The molecule has 0 bridgehead atoms. The van der Waals surface area contributed by atoms with Crippen molar-refractivity contribution >= 4 is 12.1 Å². The molecule has 0 aromatic heterocycles. The van der Waals surface area contributed by atoms with Crippen LogP contribution in [0.25, 0.3) is 0 Å². The molecule has 1 amide bonds. The Morgan fingerprint density at radius 1 is 1.00 bits per heavy atom. The molecule has 166 valence electrons. The summed E-state index contributed by atoms with van der Waals surface area (Å²) in [6, 6.07) is 23.6. The number of hydrogen-bond acceptors (Lipinski definition) is 4. The topological polar surface area (TPSA) is 59.9 Å². The van der Waals surface area contributed by atoms with Gasteiger partial charge in [-0.05, 0) is 72.4 Å². The fourth-order valence-electron chi connectivity index (χ4n) is 3.00. The van der Waals surface area contributed by atoms with E-state index < -0.39 is 6.10 Å². The van der Waals surface area contributed by atoms with E-state index in [2.05, 4.69) is 30.4 Å². The maximum atomic E-state index is 12.4. The lowest BCUT2D eigenvalue weighted by Crippen LogP contribution is -2.33. The zero-order valence-corrected chi connectivity index (χ0v) is 19.0. The first-order chi connectivity index (χ1) is 15.4. The van der Waals surface area contributed by atoms with Crippen LogP contribution in [0.5, 0.6) is 11.5 Å². The standard InChI is InChI=1S/C27H30N2O3/c1-19(2)24-13-10-20(3)26(16-24)32-21(4)27(30)29-28-17-22-11-14-25(15-12-22)31-18-23-8-6-5-7-9-23/h5-17,19,21H,18H2,1-4H3,(H,29,30)/b28-17-/t21-/m1/s1. The van der Waals surface area contributed by atoms with Crippen molar-refractivity contribution in [2.75, 3.05) is 0 Å². The highest BCUT2D eigenvalue weighted by Gasteiger charge is 2.15. The fourth-order valence-corrected chi connectivity index (χ4v) is 3.00. The third-order valence-corrected chi connectivity index (χ3v) is 5.07. The predicted octanol–water partition coefficient (Wildman–Crippen LogP) is 5.62. The van der Waals surface area contributed by atoms with Gasteiger partial charge in [-0.3, -0.25) is 4.79 Å². The van der Waals surface area contributed by atoms with Crippen molar-refractivity contribution in [1.82, 2.24) is 5.43 Å². The van der Waals surface area contributed by atoms with E-state index in [1.54, 1.807) is 13.1 Å². The average molecular weight is 431 g/mol. The van der Waals surface area contributed by atoms with Gasteiger partial charge in [0.15, 0.2) is 6.10 Å². The molecule has 0 aliphatic heterocycles. The predicted molar refractivity (Wildman–Crippen MR) is 128 cm³/mol. The number of hydrogen-bond donors (Lipinski definition) is 1. The van der Waals surface area contributed by atoms with Crippen LogP contribution in [0.4, 0.5) is 0 Å². The van der Waals surface area contributed by atoms with Crippen LogP contribution < -0.4 is 14.9 Å². The average Bonchev–Trinajstić information content (AvgIpc) is 2.80. The van der Waals surface area contributed by atoms with Crippen molar-refractivity contribution in [2.45, 2.75) is 46.3 Å². The minimum Gasteiger partial charge on any atom is -0.489 e. The van der Waals surface area contributed by atoms with Crippen molar-refractivity contribution in [3.8, 4) is 11.5 Å². The monoisotopic (exact) mass is 430 g/mol. The van der Waals surface area contributed by atoms with E-state index in [4.69, 9.17) is 9.47 Å². The molecule has 3 rings (SSSR count). The molecule has 1 atom stereocenters. The molecule has 0 spiro atoms. The Morgan fingerprint density at radius 3 is 2.41 bits per heavy atom. The summed E-state index contributed by atoms with van der Waals surface area (Å²) in [4.78, 5) is 12.4. The number of carbonyl (C=O) groups excluding carboxylic acids is 1. The van der Waals surface area contributed by atoms with E-state index in [1.807, 2.05) is 73.7 Å². The highest BCUT2D eigenvalue weighted by atomic mass is 16.5. The molecule has 0 aliphatic rings. The third-order valence-electron chi connectivity index (χ3n) is 5.07. The lowest BCUT2D eigenvalue weighted by atomic mass is 10.0. The quantitative estimate of drug-likeness (QED) is 0.354. The molecular formula is C27H30N2O3. The summed E-state index contributed by atoms with van der Waals surface area (Å²) >= 11 is 0. The van der Waals surface area contributed by atoms with Crippen molar-refractivity contribution in [2.24, 2.45) is 5.10 Å². The van der Waals surface area contributed by atoms with Crippen LogP contribution in [0.1, 0.15) is 48.9 Å². The van der Waals surface area contributed by atoms with Gasteiger partial charge in [-0.2, -0.15) is 5.10 Å².